The molecule has 1 heterocycles. The standard InChI is InChI=1S/C15H20FNO3/c1-2-20-15(18)14(11-6-5-9-19-10-11)17-13-8-4-3-7-12(13)16/h3-4,7-8,11,14,17H,2,5-6,9-10H2,1H3. The predicted molar refractivity (Wildman–Crippen MR) is 74.0 cm³/mol. The summed E-state index contributed by atoms with van der Waals surface area (Å²) in [7, 11) is 0. The maximum atomic E-state index is 13.7. The van der Waals surface area contributed by atoms with E-state index in [0.717, 1.165) is 12.8 Å². The molecule has 0 saturated carbocycles. The zero-order valence-corrected chi connectivity index (χ0v) is 11.6. The number of hydrogen-bond acceptors (Lipinski definition) is 4. The number of anilines is 1. The smallest absolute Gasteiger partial charge is 0.328 e. The van der Waals surface area contributed by atoms with Crippen molar-refractivity contribution in [2.75, 3.05) is 25.1 Å². The lowest BCUT2D eigenvalue weighted by Gasteiger charge is -2.30. The first-order valence-electron chi connectivity index (χ1n) is 6.97. The molecule has 4 nitrogen and oxygen atoms in total. The summed E-state index contributed by atoms with van der Waals surface area (Å²) < 4.78 is 24.2. The molecule has 20 heavy (non-hydrogen) atoms. The fraction of sp³-hybridized carbons (Fsp3) is 0.533. The summed E-state index contributed by atoms with van der Waals surface area (Å²) in [6, 6.07) is 5.74. The average molecular weight is 281 g/mol. The Bertz CT molecular complexity index is 446. The topological polar surface area (TPSA) is 47.6 Å². The number of rotatable bonds is 5. The highest BCUT2D eigenvalue weighted by Gasteiger charge is 2.31. The Balaban J connectivity index is 2.13. The first kappa shape index (κ1) is 14.8. The van der Waals surface area contributed by atoms with Crippen molar-refractivity contribution in [3.8, 4) is 0 Å². The second-order valence-electron chi connectivity index (χ2n) is 4.83. The number of halogens is 1. The van der Waals surface area contributed by atoms with Crippen LogP contribution >= 0.6 is 0 Å². The average Bonchev–Trinajstić information content (AvgIpc) is 2.47. The first-order chi connectivity index (χ1) is 9.72. The third-order valence-corrected chi connectivity index (χ3v) is 3.39. The minimum Gasteiger partial charge on any atom is -0.464 e. The SMILES string of the molecule is CCOC(=O)C(Nc1ccccc1F)C1CCCOC1. The normalized spacial score (nSPS) is 20.2. The summed E-state index contributed by atoms with van der Waals surface area (Å²) in [5.41, 5.74) is 0.316. The molecule has 1 fully saturated rings. The van der Waals surface area contributed by atoms with Gasteiger partial charge in [0.05, 0.1) is 18.9 Å². The van der Waals surface area contributed by atoms with Gasteiger partial charge in [-0.25, -0.2) is 9.18 Å². The van der Waals surface area contributed by atoms with E-state index in [0.29, 0.717) is 25.5 Å². The minimum atomic E-state index is -0.577. The molecule has 1 saturated heterocycles. The van der Waals surface area contributed by atoms with Crippen LogP contribution in [0.15, 0.2) is 24.3 Å². The molecular weight excluding hydrogens is 261 g/mol. The third kappa shape index (κ3) is 3.70. The van der Waals surface area contributed by atoms with Crippen molar-refractivity contribution in [1.29, 1.82) is 0 Å². The van der Waals surface area contributed by atoms with Crippen molar-refractivity contribution in [2.45, 2.75) is 25.8 Å². The van der Waals surface area contributed by atoms with Crippen molar-refractivity contribution in [3.05, 3.63) is 30.1 Å². The van der Waals surface area contributed by atoms with Gasteiger partial charge in [0, 0.05) is 12.5 Å². The van der Waals surface area contributed by atoms with Gasteiger partial charge in [-0.2, -0.15) is 0 Å². The highest BCUT2D eigenvalue weighted by molar-refractivity contribution is 5.79. The monoisotopic (exact) mass is 281 g/mol. The van der Waals surface area contributed by atoms with Gasteiger partial charge in [-0.15, -0.1) is 0 Å². The van der Waals surface area contributed by atoms with Crippen LogP contribution in [-0.4, -0.2) is 31.8 Å². The number of benzene rings is 1. The van der Waals surface area contributed by atoms with E-state index < -0.39 is 6.04 Å². The van der Waals surface area contributed by atoms with Crippen LogP contribution in [0.5, 0.6) is 0 Å². The molecule has 1 N–H and O–H groups in total. The number of para-hydroxylation sites is 1. The van der Waals surface area contributed by atoms with Gasteiger partial charge < -0.3 is 14.8 Å². The molecule has 5 heteroatoms. The molecule has 0 radical (unpaired) electrons. The maximum Gasteiger partial charge on any atom is 0.328 e. The molecule has 2 rings (SSSR count). The van der Waals surface area contributed by atoms with E-state index in [1.807, 2.05) is 0 Å². The quantitative estimate of drug-likeness (QED) is 0.843. The number of esters is 1. The first-order valence-corrected chi connectivity index (χ1v) is 6.97. The highest BCUT2D eigenvalue weighted by atomic mass is 19.1. The van der Waals surface area contributed by atoms with E-state index in [9.17, 15) is 9.18 Å². The second kappa shape index (κ2) is 7.24. The van der Waals surface area contributed by atoms with Gasteiger partial charge in [0.15, 0.2) is 0 Å². The van der Waals surface area contributed by atoms with E-state index in [-0.39, 0.29) is 17.7 Å². The van der Waals surface area contributed by atoms with Crippen molar-refractivity contribution >= 4 is 11.7 Å². The largest absolute Gasteiger partial charge is 0.464 e. The van der Waals surface area contributed by atoms with E-state index in [1.165, 1.54) is 6.07 Å². The molecule has 1 aliphatic heterocycles. The molecule has 110 valence electrons. The summed E-state index contributed by atoms with van der Waals surface area (Å²) in [6.07, 6.45) is 1.77. The number of carbonyl (C=O) groups excluding carboxylic acids is 1. The van der Waals surface area contributed by atoms with Crippen molar-refractivity contribution in [2.24, 2.45) is 5.92 Å². The Morgan fingerprint density at radius 2 is 2.35 bits per heavy atom. The summed E-state index contributed by atoms with van der Waals surface area (Å²) in [5, 5.41) is 2.97. The summed E-state index contributed by atoms with van der Waals surface area (Å²) >= 11 is 0. The van der Waals surface area contributed by atoms with E-state index in [2.05, 4.69) is 5.32 Å². The number of hydrogen-bond donors (Lipinski definition) is 1. The lowest BCUT2D eigenvalue weighted by molar-refractivity contribution is -0.146. The highest BCUT2D eigenvalue weighted by Crippen LogP contribution is 2.23. The Hall–Kier alpha value is -1.62. The molecule has 0 aromatic heterocycles. The van der Waals surface area contributed by atoms with Crippen molar-refractivity contribution < 1.29 is 18.7 Å². The van der Waals surface area contributed by atoms with Gasteiger partial charge in [0.25, 0.3) is 0 Å². The van der Waals surface area contributed by atoms with Crippen LogP contribution in [0.2, 0.25) is 0 Å². The van der Waals surface area contributed by atoms with Gasteiger partial charge in [-0.05, 0) is 31.9 Å². The molecule has 0 amide bonds. The summed E-state index contributed by atoms with van der Waals surface area (Å²) in [4.78, 5) is 12.1. The molecule has 0 spiro atoms. The third-order valence-electron chi connectivity index (χ3n) is 3.39. The van der Waals surface area contributed by atoms with Gasteiger partial charge in [0.1, 0.15) is 11.9 Å². The maximum absolute atomic E-state index is 13.7. The molecule has 0 aliphatic carbocycles. The fourth-order valence-electron chi connectivity index (χ4n) is 2.38. The van der Waals surface area contributed by atoms with Crippen LogP contribution in [0.1, 0.15) is 19.8 Å². The van der Waals surface area contributed by atoms with E-state index in [1.54, 1.807) is 25.1 Å². The number of carbonyl (C=O) groups is 1. The van der Waals surface area contributed by atoms with Crippen molar-refractivity contribution in [1.82, 2.24) is 0 Å². The van der Waals surface area contributed by atoms with Gasteiger partial charge in [-0.1, -0.05) is 12.1 Å². The van der Waals surface area contributed by atoms with Crippen molar-refractivity contribution in [3.63, 3.8) is 0 Å². The predicted octanol–water partition coefficient (Wildman–Crippen LogP) is 2.60. The van der Waals surface area contributed by atoms with Gasteiger partial charge >= 0.3 is 5.97 Å². The zero-order valence-electron chi connectivity index (χ0n) is 11.6. The molecule has 2 unspecified atom stereocenters. The molecule has 1 aliphatic rings. The van der Waals surface area contributed by atoms with Crippen LogP contribution in [0, 0.1) is 11.7 Å². The second-order valence-corrected chi connectivity index (χ2v) is 4.83. The van der Waals surface area contributed by atoms with Crippen LogP contribution < -0.4 is 5.32 Å². The zero-order chi connectivity index (χ0) is 14.4. The molecule has 2 atom stereocenters. The molecule has 1 aromatic rings. The van der Waals surface area contributed by atoms with Crippen LogP contribution in [-0.2, 0) is 14.3 Å². The summed E-state index contributed by atoms with van der Waals surface area (Å²) in [6.45, 7) is 3.27. The van der Waals surface area contributed by atoms with Crippen LogP contribution in [0.3, 0.4) is 0 Å². The number of nitrogens with one attached hydrogen (secondary N) is 1. The lowest BCUT2D eigenvalue weighted by atomic mass is 9.93. The lowest BCUT2D eigenvalue weighted by Crippen LogP contribution is -2.42. The Morgan fingerprint density at radius 1 is 1.55 bits per heavy atom. The van der Waals surface area contributed by atoms with Crippen LogP contribution in [0.4, 0.5) is 10.1 Å². The molecule has 1 aromatic carbocycles. The van der Waals surface area contributed by atoms with Crippen LogP contribution in [0.25, 0.3) is 0 Å². The number of ether oxygens (including phenoxy) is 2. The van der Waals surface area contributed by atoms with Gasteiger partial charge in [0.2, 0.25) is 0 Å². The summed E-state index contributed by atoms with van der Waals surface area (Å²) in [5.74, 6) is -0.729. The Kier molecular flexibility index (Phi) is 5.35. The van der Waals surface area contributed by atoms with Gasteiger partial charge in [-0.3, -0.25) is 0 Å². The Morgan fingerprint density at radius 3 is 3.00 bits per heavy atom. The van der Waals surface area contributed by atoms with E-state index in [4.69, 9.17) is 9.47 Å². The minimum absolute atomic E-state index is 0.00223. The fourth-order valence-corrected chi connectivity index (χ4v) is 2.38. The van der Waals surface area contributed by atoms with E-state index >= 15 is 0 Å². The Labute approximate surface area is 118 Å². The molecular formula is C15H20FNO3. The molecule has 0 bridgehead atoms.